The first-order chi connectivity index (χ1) is 15.4. The molecule has 5 nitrogen and oxygen atoms in total. The second-order valence-corrected chi connectivity index (χ2v) is 8.49. The quantitative estimate of drug-likeness (QED) is 0.329. The van der Waals surface area contributed by atoms with Crippen LogP contribution in [0.5, 0.6) is 5.75 Å². The first-order valence-corrected chi connectivity index (χ1v) is 10.7. The molecule has 32 heavy (non-hydrogen) atoms. The molecule has 5 aromatic rings. The summed E-state index contributed by atoms with van der Waals surface area (Å²) in [6, 6.07) is 15.8. The third-order valence-electron chi connectivity index (χ3n) is 5.99. The molecular formula is C27H25NO4. The maximum atomic E-state index is 12.9. The summed E-state index contributed by atoms with van der Waals surface area (Å²) in [6.07, 6.45) is 1.88. The van der Waals surface area contributed by atoms with Gasteiger partial charge in [0.15, 0.2) is 0 Å². The molecule has 3 aromatic carbocycles. The van der Waals surface area contributed by atoms with Crippen LogP contribution in [-0.2, 0) is 11.2 Å². The Bertz CT molecular complexity index is 1470. The Balaban J connectivity index is 1.46. The topological polar surface area (TPSA) is 64.6 Å². The molecular weight excluding hydrogens is 402 g/mol. The zero-order valence-electron chi connectivity index (χ0n) is 18.6. The number of para-hydroxylation sites is 1. The standard InChI is InChI=1S/C27H25NO4/c1-15(2)19-11-20-17(14-31-24(20)9-16(19)3)10-27(29)28-22-13-25-21(12-26(22)30-4)18-7-5-6-8-23(18)32-25/h5-9,11-15H,10H2,1-4H3,(H,28,29). The summed E-state index contributed by atoms with van der Waals surface area (Å²) in [7, 11) is 1.60. The van der Waals surface area contributed by atoms with Crippen molar-refractivity contribution in [2.45, 2.75) is 33.1 Å². The van der Waals surface area contributed by atoms with Gasteiger partial charge in [-0.2, -0.15) is 0 Å². The molecule has 2 heterocycles. The number of furan rings is 2. The molecule has 1 N–H and O–H groups in total. The second kappa shape index (κ2) is 7.75. The summed E-state index contributed by atoms with van der Waals surface area (Å²) in [5.41, 5.74) is 6.20. The number of hydrogen-bond donors (Lipinski definition) is 1. The molecule has 0 aliphatic carbocycles. The SMILES string of the molecule is COc1cc2c(cc1NC(=O)Cc1coc3cc(C)c(C(C)C)cc13)oc1ccccc12. The van der Waals surface area contributed by atoms with Gasteiger partial charge in [0.2, 0.25) is 5.91 Å². The molecule has 0 aliphatic heterocycles. The lowest BCUT2D eigenvalue weighted by Crippen LogP contribution is -2.14. The van der Waals surface area contributed by atoms with Crippen molar-refractivity contribution in [3.63, 3.8) is 0 Å². The minimum atomic E-state index is -0.145. The van der Waals surface area contributed by atoms with Gasteiger partial charge >= 0.3 is 0 Å². The number of fused-ring (bicyclic) bond motifs is 4. The molecule has 5 heteroatoms. The first kappa shape index (κ1) is 20.2. The van der Waals surface area contributed by atoms with Crippen LogP contribution in [0.2, 0.25) is 0 Å². The number of nitrogens with one attached hydrogen (secondary N) is 1. The summed E-state index contributed by atoms with van der Waals surface area (Å²) in [5.74, 6) is 0.844. The Morgan fingerprint density at radius 3 is 2.59 bits per heavy atom. The Labute approximate surface area is 186 Å². The number of anilines is 1. The van der Waals surface area contributed by atoms with Gasteiger partial charge < -0.3 is 18.9 Å². The summed E-state index contributed by atoms with van der Waals surface area (Å²) in [5, 5.41) is 5.93. The van der Waals surface area contributed by atoms with E-state index in [2.05, 4.69) is 32.2 Å². The molecule has 0 saturated carbocycles. The zero-order chi connectivity index (χ0) is 22.4. The van der Waals surface area contributed by atoms with E-state index in [1.807, 2.05) is 42.5 Å². The summed E-state index contributed by atoms with van der Waals surface area (Å²) < 4.78 is 17.3. The van der Waals surface area contributed by atoms with E-state index >= 15 is 0 Å². The van der Waals surface area contributed by atoms with Gasteiger partial charge in [-0.05, 0) is 48.2 Å². The van der Waals surface area contributed by atoms with E-state index in [1.165, 1.54) is 11.1 Å². The molecule has 0 atom stereocenters. The van der Waals surface area contributed by atoms with E-state index in [0.29, 0.717) is 22.9 Å². The van der Waals surface area contributed by atoms with Crippen LogP contribution in [0.1, 0.15) is 36.5 Å². The molecule has 162 valence electrons. The van der Waals surface area contributed by atoms with E-state index in [9.17, 15) is 4.79 Å². The van der Waals surface area contributed by atoms with Crippen LogP contribution in [0.3, 0.4) is 0 Å². The number of hydrogen-bond acceptors (Lipinski definition) is 4. The summed E-state index contributed by atoms with van der Waals surface area (Å²) in [4.78, 5) is 12.9. The number of carbonyl (C=O) groups is 1. The highest BCUT2D eigenvalue weighted by Crippen LogP contribution is 2.36. The molecule has 2 aromatic heterocycles. The fraction of sp³-hybridized carbons (Fsp3) is 0.222. The predicted octanol–water partition coefficient (Wildman–Crippen LogP) is 6.95. The van der Waals surface area contributed by atoms with E-state index in [0.717, 1.165) is 32.9 Å². The van der Waals surface area contributed by atoms with Gasteiger partial charge in [-0.25, -0.2) is 0 Å². The van der Waals surface area contributed by atoms with Crippen molar-refractivity contribution in [1.82, 2.24) is 0 Å². The van der Waals surface area contributed by atoms with E-state index < -0.39 is 0 Å². The number of aryl methyl sites for hydroxylation is 1. The Hall–Kier alpha value is -3.73. The van der Waals surface area contributed by atoms with Gasteiger partial charge in [0.05, 0.1) is 25.5 Å². The van der Waals surface area contributed by atoms with Crippen LogP contribution in [-0.4, -0.2) is 13.0 Å². The molecule has 0 spiro atoms. The lowest BCUT2D eigenvalue weighted by Gasteiger charge is -2.11. The first-order valence-electron chi connectivity index (χ1n) is 10.7. The van der Waals surface area contributed by atoms with Crippen molar-refractivity contribution < 1.29 is 18.4 Å². The Kier molecular flexibility index (Phi) is 4.89. The lowest BCUT2D eigenvalue weighted by atomic mass is 9.95. The van der Waals surface area contributed by atoms with Gasteiger partial charge in [0.25, 0.3) is 0 Å². The van der Waals surface area contributed by atoms with E-state index in [4.69, 9.17) is 13.6 Å². The Morgan fingerprint density at radius 1 is 1.00 bits per heavy atom. The fourth-order valence-corrected chi connectivity index (χ4v) is 4.39. The normalized spacial score (nSPS) is 11.7. The highest BCUT2D eigenvalue weighted by molar-refractivity contribution is 6.08. The highest BCUT2D eigenvalue weighted by atomic mass is 16.5. The summed E-state index contributed by atoms with van der Waals surface area (Å²) >= 11 is 0. The van der Waals surface area contributed by atoms with Crippen LogP contribution >= 0.6 is 0 Å². The lowest BCUT2D eigenvalue weighted by molar-refractivity contribution is -0.115. The molecule has 0 saturated heterocycles. The van der Waals surface area contributed by atoms with Crippen molar-refractivity contribution in [2.24, 2.45) is 0 Å². The largest absolute Gasteiger partial charge is 0.495 e. The predicted molar refractivity (Wildman–Crippen MR) is 128 cm³/mol. The van der Waals surface area contributed by atoms with Gasteiger partial charge in [-0.15, -0.1) is 0 Å². The van der Waals surface area contributed by atoms with Gasteiger partial charge in [-0.3, -0.25) is 4.79 Å². The molecule has 0 unspecified atom stereocenters. The highest BCUT2D eigenvalue weighted by Gasteiger charge is 2.17. The third kappa shape index (κ3) is 3.40. The minimum absolute atomic E-state index is 0.145. The number of methoxy groups -OCH3 is 1. The fourth-order valence-electron chi connectivity index (χ4n) is 4.39. The van der Waals surface area contributed by atoms with Crippen molar-refractivity contribution in [1.29, 1.82) is 0 Å². The van der Waals surface area contributed by atoms with Crippen molar-refractivity contribution in [2.75, 3.05) is 12.4 Å². The number of amides is 1. The number of ether oxygens (including phenoxy) is 1. The molecule has 0 bridgehead atoms. The molecule has 5 rings (SSSR count). The Morgan fingerprint density at radius 2 is 1.81 bits per heavy atom. The zero-order valence-corrected chi connectivity index (χ0v) is 18.6. The van der Waals surface area contributed by atoms with Gasteiger partial charge in [0, 0.05) is 27.8 Å². The molecule has 0 radical (unpaired) electrons. The second-order valence-electron chi connectivity index (χ2n) is 8.49. The average Bonchev–Trinajstić information content (AvgIpc) is 3.32. The van der Waals surface area contributed by atoms with Crippen LogP contribution < -0.4 is 10.1 Å². The van der Waals surface area contributed by atoms with Crippen molar-refractivity contribution in [3.8, 4) is 5.75 Å². The number of rotatable bonds is 5. The van der Waals surface area contributed by atoms with Crippen LogP contribution in [0.4, 0.5) is 5.69 Å². The van der Waals surface area contributed by atoms with E-state index in [-0.39, 0.29) is 12.3 Å². The minimum Gasteiger partial charge on any atom is -0.495 e. The molecule has 0 aliphatic rings. The molecule has 0 fully saturated rings. The van der Waals surface area contributed by atoms with Gasteiger partial charge in [0.1, 0.15) is 22.5 Å². The number of benzene rings is 3. The van der Waals surface area contributed by atoms with Crippen LogP contribution in [0, 0.1) is 6.92 Å². The average molecular weight is 428 g/mol. The van der Waals surface area contributed by atoms with Crippen LogP contribution in [0.15, 0.2) is 63.6 Å². The van der Waals surface area contributed by atoms with Crippen LogP contribution in [0.25, 0.3) is 32.9 Å². The van der Waals surface area contributed by atoms with Crippen molar-refractivity contribution >= 4 is 44.5 Å². The smallest absolute Gasteiger partial charge is 0.229 e. The maximum Gasteiger partial charge on any atom is 0.229 e. The summed E-state index contributed by atoms with van der Waals surface area (Å²) in [6.45, 7) is 6.42. The monoisotopic (exact) mass is 427 g/mol. The molecule has 1 amide bonds. The maximum absolute atomic E-state index is 12.9. The van der Waals surface area contributed by atoms with E-state index in [1.54, 1.807) is 13.4 Å². The third-order valence-corrected chi connectivity index (χ3v) is 5.99. The number of carbonyl (C=O) groups excluding carboxylic acids is 1. The van der Waals surface area contributed by atoms with Gasteiger partial charge in [-0.1, -0.05) is 32.0 Å². The van der Waals surface area contributed by atoms with Crippen molar-refractivity contribution in [3.05, 3.63) is 71.5 Å².